The molecule has 0 unspecified atom stereocenters. The molecule has 4 rings (SSSR count). The van der Waals surface area contributed by atoms with Gasteiger partial charge in [-0.25, -0.2) is 8.78 Å². The number of fused-ring (bicyclic) bond motifs is 1. The highest BCUT2D eigenvalue weighted by Crippen LogP contribution is 2.35. The van der Waals surface area contributed by atoms with Crippen LogP contribution in [0, 0.1) is 11.6 Å². The van der Waals surface area contributed by atoms with E-state index in [0.717, 1.165) is 23.0 Å². The van der Waals surface area contributed by atoms with Gasteiger partial charge in [0.15, 0.2) is 11.6 Å². The van der Waals surface area contributed by atoms with Crippen molar-refractivity contribution in [2.75, 3.05) is 10.6 Å². The van der Waals surface area contributed by atoms with Gasteiger partial charge in [0.05, 0.1) is 5.57 Å². The number of rotatable bonds is 4. The molecule has 4 nitrogen and oxygen atoms in total. The molecule has 2 aromatic carbocycles. The lowest BCUT2D eigenvalue weighted by Crippen LogP contribution is -2.03. The topological polar surface area (TPSA) is 56.9 Å². The van der Waals surface area contributed by atoms with E-state index in [0.29, 0.717) is 11.3 Å². The normalized spacial score (nSPS) is 14.4. The molecule has 0 radical (unpaired) electrons. The zero-order chi connectivity index (χ0) is 18.1. The third-order valence-corrected chi connectivity index (χ3v) is 4.24. The van der Waals surface area contributed by atoms with Gasteiger partial charge in [0.1, 0.15) is 0 Å². The number of anilines is 2. The smallest absolute Gasteiger partial charge is 0.256 e. The van der Waals surface area contributed by atoms with Crippen molar-refractivity contribution in [1.29, 1.82) is 0 Å². The Balaban J connectivity index is 1.60. The van der Waals surface area contributed by atoms with Gasteiger partial charge in [-0.15, -0.1) is 0 Å². The van der Waals surface area contributed by atoms with Gasteiger partial charge < -0.3 is 15.6 Å². The van der Waals surface area contributed by atoms with Crippen LogP contribution in [0.3, 0.4) is 0 Å². The molecule has 0 aliphatic carbocycles. The average Bonchev–Trinajstić information content (AvgIpc) is 3.25. The Morgan fingerprint density at radius 2 is 1.96 bits per heavy atom. The first-order valence-electron chi connectivity index (χ1n) is 8.09. The van der Waals surface area contributed by atoms with Crippen LogP contribution in [0.4, 0.5) is 20.2 Å². The average molecular weight is 351 g/mol. The first-order valence-corrected chi connectivity index (χ1v) is 8.09. The Hall–Kier alpha value is -3.41. The summed E-state index contributed by atoms with van der Waals surface area (Å²) in [5.74, 6) is -1.91. The lowest BCUT2D eigenvalue weighted by molar-refractivity contribution is -0.110. The maximum atomic E-state index is 13.8. The zero-order valence-electron chi connectivity index (χ0n) is 13.6. The Morgan fingerprint density at radius 3 is 2.77 bits per heavy atom. The second-order valence-corrected chi connectivity index (χ2v) is 5.96. The van der Waals surface area contributed by atoms with Crippen molar-refractivity contribution in [1.82, 2.24) is 4.98 Å². The number of hydrogen-bond acceptors (Lipinski definition) is 2. The minimum Gasteiger partial charge on any atom is -0.381 e. The molecular weight excluding hydrogens is 336 g/mol. The third kappa shape index (κ3) is 2.97. The molecule has 1 aliphatic rings. The lowest BCUT2D eigenvalue weighted by Gasteiger charge is -2.09. The van der Waals surface area contributed by atoms with Gasteiger partial charge in [-0.3, -0.25) is 4.79 Å². The molecule has 0 saturated heterocycles. The summed E-state index contributed by atoms with van der Waals surface area (Å²) in [6.45, 7) is 0.138. The van der Waals surface area contributed by atoms with Crippen molar-refractivity contribution in [3.05, 3.63) is 83.2 Å². The molecule has 2 heterocycles. The van der Waals surface area contributed by atoms with Gasteiger partial charge >= 0.3 is 0 Å². The van der Waals surface area contributed by atoms with Crippen LogP contribution >= 0.6 is 0 Å². The molecule has 0 saturated carbocycles. The highest BCUT2D eigenvalue weighted by molar-refractivity contribution is 6.35. The summed E-state index contributed by atoms with van der Waals surface area (Å²) < 4.78 is 27.1. The number of nitrogens with one attached hydrogen (secondary N) is 3. The Labute approximate surface area is 148 Å². The number of halogens is 2. The summed E-state index contributed by atoms with van der Waals surface area (Å²) in [6.07, 6.45) is 3.56. The number of H-pyrrole nitrogens is 1. The van der Waals surface area contributed by atoms with E-state index in [1.807, 2.05) is 18.2 Å². The predicted octanol–water partition coefficient (Wildman–Crippen LogP) is 4.40. The standard InChI is InChI=1S/C20H15F2N3O/c21-17-5-1-3-12(19(17)22)11-24-14-6-7-18-15(9-14)16(20(26)25-18)10-13-4-2-8-23-13/h1-10,23-24H,11H2,(H,25,26). The van der Waals surface area contributed by atoms with Gasteiger partial charge in [-0.1, -0.05) is 12.1 Å². The second kappa shape index (κ2) is 6.48. The van der Waals surface area contributed by atoms with Crippen LogP contribution in [0.1, 0.15) is 16.8 Å². The second-order valence-electron chi connectivity index (χ2n) is 5.96. The van der Waals surface area contributed by atoms with Crippen molar-refractivity contribution >= 4 is 28.9 Å². The summed E-state index contributed by atoms with van der Waals surface area (Å²) >= 11 is 0. The van der Waals surface area contributed by atoms with Crippen LogP contribution in [-0.2, 0) is 11.3 Å². The summed E-state index contributed by atoms with van der Waals surface area (Å²) in [5, 5.41) is 5.89. The van der Waals surface area contributed by atoms with E-state index in [4.69, 9.17) is 0 Å². The fourth-order valence-electron chi connectivity index (χ4n) is 2.91. The zero-order valence-corrected chi connectivity index (χ0v) is 13.6. The molecule has 3 aromatic rings. The Morgan fingerprint density at radius 1 is 1.08 bits per heavy atom. The van der Waals surface area contributed by atoms with E-state index in [1.54, 1.807) is 24.4 Å². The molecule has 1 amide bonds. The predicted molar refractivity (Wildman–Crippen MR) is 97.4 cm³/mol. The van der Waals surface area contributed by atoms with Crippen molar-refractivity contribution in [3.63, 3.8) is 0 Å². The molecule has 0 bridgehead atoms. The van der Waals surface area contributed by atoms with Crippen LogP contribution in [0.2, 0.25) is 0 Å². The summed E-state index contributed by atoms with van der Waals surface area (Å²) in [4.78, 5) is 15.3. The molecule has 6 heteroatoms. The van der Waals surface area contributed by atoms with E-state index in [1.165, 1.54) is 12.1 Å². The summed E-state index contributed by atoms with van der Waals surface area (Å²) in [6, 6.07) is 13.2. The van der Waals surface area contributed by atoms with Gasteiger partial charge in [-0.2, -0.15) is 0 Å². The van der Waals surface area contributed by atoms with Gasteiger partial charge in [0, 0.05) is 40.9 Å². The quantitative estimate of drug-likeness (QED) is 0.610. The highest BCUT2D eigenvalue weighted by atomic mass is 19.2. The Bertz CT molecular complexity index is 1010. The molecule has 1 aliphatic heterocycles. The maximum Gasteiger partial charge on any atom is 0.256 e. The van der Waals surface area contributed by atoms with E-state index in [-0.39, 0.29) is 18.0 Å². The molecule has 3 N–H and O–H groups in total. The van der Waals surface area contributed by atoms with Gasteiger partial charge in [-0.05, 0) is 42.5 Å². The molecule has 1 aromatic heterocycles. The first-order chi connectivity index (χ1) is 12.6. The van der Waals surface area contributed by atoms with Crippen LogP contribution in [0.15, 0.2) is 54.7 Å². The molecular formula is C20H15F2N3O. The van der Waals surface area contributed by atoms with Gasteiger partial charge in [0.25, 0.3) is 5.91 Å². The molecule has 0 spiro atoms. The summed E-state index contributed by atoms with van der Waals surface area (Å²) in [7, 11) is 0. The van der Waals surface area contributed by atoms with Crippen LogP contribution < -0.4 is 10.6 Å². The number of aromatic nitrogens is 1. The number of hydrogen-bond donors (Lipinski definition) is 3. The van der Waals surface area contributed by atoms with E-state index < -0.39 is 11.6 Å². The highest BCUT2D eigenvalue weighted by Gasteiger charge is 2.24. The summed E-state index contributed by atoms with van der Waals surface area (Å²) in [5.41, 5.74) is 3.79. The van der Waals surface area contributed by atoms with Gasteiger partial charge in [0.2, 0.25) is 0 Å². The maximum absolute atomic E-state index is 13.8. The minimum atomic E-state index is -0.871. The number of carbonyl (C=O) groups is 1. The largest absolute Gasteiger partial charge is 0.381 e. The minimum absolute atomic E-state index is 0.138. The lowest BCUT2D eigenvalue weighted by atomic mass is 10.0. The first kappa shape index (κ1) is 16.1. The van der Waals surface area contributed by atoms with Crippen LogP contribution in [-0.4, -0.2) is 10.9 Å². The molecule has 0 fully saturated rings. The SMILES string of the molecule is O=C1Nc2ccc(NCc3cccc(F)c3F)cc2C1=Cc1ccc[nH]1. The van der Waals surface area contributed by atoms with Crippen molar-refractivity contribution in [2.24, 2.45) is 0 Å². The third-order valence-electron chi connectivity index (χ3n) is 4.24. The fraction of sp³-hybridized carbons (Fsp3) is 0.0500. The number of benzene rings is 2. The van der Waals surface area contributed by atoms with Crippen LogP contribution in [0.25, 0.3) is 11.6 Å². The van der Waals surface area contributed by atoms with Crippen molar-refractivity contribution in [3.8, 4) is 0 Å². The molecule has 0 atom stereocenters. The van der Waals surface area contributed by atoms with Crippen molar-refractivity contribution in [2.45, 2.75) is 6.54 Å². The van der Waals surface area contributed by atoms with E-state index >= 15 is 0 Å². The van der Waals surface area contributed by atoms with E-state index in [9.17, 15) is 13.6 Å². The molecule has 26 heavy (non-hydrogen) atoms. The number of aromatic amines is 1. The van der Waals surface area contributed by atoms with Crippen molar-refractivity contribution < 1.29 is 13.6 Å². The molecule has 130 valence electrons. The monoisotopic (exact) mass is 351 g/mol. The Kier molecular flexibility index (Phi) is 4.01. The number of carbonyl (C=O) groups excluding carboxylic acids is 1. The fourth-order valence-corrected chi connectivity index (χ4v) is 2.91. The number of amides is 1. The van der Waals surface area contributed by atoms with E-state index in [2.05, 4.69) is 15.6 Å². The van der Waals surface area contributed by atoms with Crippen LogP contribution in [0.5, 0.6) is 0 Å².